The number of carbonyl (C=O) groups excluding carboxylic acids is 1. The molecule has 0 aromatic rings. The molecule has 0 bridgehead atoms. The maximum absolute atomic E-state index is 11.0. The van der Waals surface area contributed by atoms with Crippen molar-refractivity contribution in [1.29, 1.82) is 0 Å². The quantitative estimate of drug-likeness (QED) is 0.438. The highest BCUT2D eigenvalue weighted by atomic mass is 32.2. The Kier molecular flexibility index (Phi) is 11.1. The minimum atomic E-state index is -0.0572. The minimum Gasteiger partial charge on any atom is -0.466 e. The number of thioether (sulfide) groups is 1. The van der Waals surface area contributed by atoms with Crippen molar-refractivity contribution in [2.45, 2.75) is 32.6 Å². The summed E-state index contributed by atoms with van der Waals surface area (Å²) in [4.78, 5) is 13.4. The molecule has 0 fully saturated rings. The average molecular weight is 247 g/mol. The molecule has 0 heterocycles. The van der Waals surface area contributed by atoms with Crippen LogP contribution in [-0.2, 0) is 9.53 Å². The molecule has 0 rings (SSSR count). The Labute approximate surface area is 104 Å². The molecular formula is C12H25NO2S. The molecule has 3 nitrogen and oxygen atoms in total. The van der Waals surface area contributed by atoms with Gasteiger partial charge in [0.1, 0.15) is 0 Å². The van der Waals surface area contributed by atoms with E-state index in [2.05, 4.69) is 18.2 Å². The van der Waals surface area contributed by atoms with Crippen molar-refractivity contribution < 1.29 is 9.53 Å². The first-order chi connectivity index (χ1) is 7.70. The number of hydrogen-bond acceptors (Lipinski definition) is 4. The lowest BCUT2D eigenvalue weighted by atomic mass is 10.2. The Morgan fingerprint density at radius 1 is 1.25 bits per heavy atom. The Balaban J connectivity index is 3.23. The Hall–Kier alpha value is -0.220. The summed E-state index contributed by atoms with van der Waals surface area (Å²) in [6, 6.07) is 0. The summed E-state index contributed by atoms with van der Waals surface area (Å²) in [5.41, 5.74) is 0. The maximum atomic E-state index is 11.0. The van der Waals surface area contributed by atoms with E-state index in [0.29, 0.717) is 13.0 Å². The Bertz CT molecular complexity index is 176. The van der Waals surface area contributed by atoms with Crippen LogP contribution in [0.15, 0.2) is 0 Å². The van der Waals surface area contributed by atoms with Crippen LogP contribution >= 0.6 is 11.8 Å². The monoisotopic (exact) mass is 247 g/mol. The van der Waals surface area contributed by atoms with Crippen molar-refractivity contribution in [1.82, 2.24) is 4.90 Å². The minimum absolute atomic E-state index is 0.0572. The molecule has 0 aliphatic rings. The molecule has 0 saturated heterocycles. The number of carbonyl (C=O) groups is 1. The third kappa shape index (κ3) is 10.3. The van der Waals surface area contributed by atoms with Gasteiger partial charge in [0.05, 0.1) is 6.61 Å². The Morgan fingerprint density at radius 2 is 2.00 bits per heavy atom. The van der Waals surface area contributed by atoms with Crippen LogP contribution in [0.5, 0.6) is 0 Å². The summed E-state index contributed by atoms with van der Waals surface area (Å²) in [6.07, 6.45) is 5.94. The van der Waals surface area contributed by atoms with Crippen LogP contribution in [0.4, 0.5) is 0 Å². The van der Waals surface area contributed by atoms with Crippen LogP contribution in [0.1, 0.15) is 32.6 Å². The highest BCUT2D eigenvalue weighted by Crippen LogP contribution is 2.03. The van der Waals surface area contributed by atoms with Crippen LogP contribution in [-0.4, -0.2) is 49.6 Å². The van der Waals surface area contributed by atoms with Gasteiger partial charge in [-0.05, 0) is 39.6 Å². The Morgan fingerprint density at radius 3 is 2.62 bits per heavy atom. The summed E-state index contributed by atoms with van der Waals surface area (Å²) in [5, 5.41) is 0. The van der Waals surface area contributed by atoms with Crippen molar-refractivity contribution in [3.63, 3.8) is 0 Å². The fourth-order valence-electron chi connectivity index (χ4n) is 1.42. The zero-order valence-electron chi connectivity index (χ0n) is 10.8. The predicted molar refractivity (Wildman–Crippen MR) is 71.0 cm³/mol. The lowest BCUT2D eigenvalue weighted by molar-refractivity contribution is -0.143. The normalized spacial score (nSPS) is 10.8. The third-order valence-electron chi connectivity index (χ3n) is 2.40. The van der Waals surface area contributed by atoms with Crippen molar-refractivity contribution in [2.75, 3.05) is 38.8 Å². The van der Waals surface area contributed by atoms with Crippen LogP contribution < -0.4 is 0 Å². The second-order valence-corrected chi connectivity index (χ2v) is 4.90. The zero-order valence-corrected chi connectivity index (χ0v) is 11.6. The number of hydrogen-bond donors (Lipinski definition) is 0. The zero-order chi connectivity index (χ0) is 12.2. The first-order valence-corrected chi connectivity index (χ1v) is 7.43. The maximum Gasteiger partial charge on any atom is 0.305 e. The van der Waals surface area contributed by atoms with Crippen molar-refractivity contribution in [3.8, 4) is 0 Å². The van der Waals surface area contributed by atoms with Gasteiger partial charge in [-0.2, -0.15) is 11.8 Å². The van der Waals surface area contributed by atoms with Gasteiger partial charge in [0.25, 0.3) is 0 Å². The van der Waals surface area contributed by atoms with Gasteiger partial charge in [-0.15, -0.1) is 0 Å². The second kappa shape index (κ2) is 11.3. The number of unbranched alkanes of at least 4 members (excludes halogenated alkanes) is 2. The van der Waals surface area contributed by atoms with E-state index in [0.717, 1.165) is 25.9 Å². The highest BCUT2D eigenvalue weighted by molar-refractivity contribution is 7.98. The molecule has 0 atom stereocenters. The number of nitrogens with zero attached hydrogens (tertiary/aromatic N) is 1. The van der Waals surface area contributed by atoms with Gasteiger partial charge < -0.3 is 9.64 Å². The predicted octanol–water partition coefficient (Wildman–Crippen LogP) is 2.40. The topological polar surface area (TPSA) is 29.5 Å². The smallest absolute Gasteiger partial charge is 0.305 e. The van der Waals surface area contributed by atoms with Crippen molar-refractivity contribution in [3.05, 3.63) is 0 Å². The van der Waals surface area contributed by atoms with E-state index in [1.165, 1.54) is 12.2 Å². The average Bonchev–Trinajstić information content (AvgIpc) is 2.26. The molecule has 0 saturated carbocycles. The van der Waals surface area contributed by atoms with E-state index in [1.807, 2.05) is 18.7 Å². The van der Waals surface area contributed by atoms with Gasteiger partial charge in [-0.3, -0.25) is 4.79 Å². The summed E-state index contributed by atoms with van der Waals surface area (Å²) in [7, 11) is 2.15. The van der Waals surface area contributed by atoms with Gasteiger partial charge in [0.15, 0.2) is 0 Å². The van der Waals surface area contributed by atoms with E-state index in [9.17, 15) is 4.79 Å². The molecule has 0 amide bonds. The lowest BCUT2D eigenvalue weighted by Crippen LogP contribution is -2.22. The molecule has 16 heavy (non-hydrogen) atoms. The second-order valence-electron chi connectivity index (χ2n) is 3.91. The summed E-state index contributed by atoms with van der Waals surface area (Å²) < 4.78 is 4.87. The van der Waals surface area contributed by atoms with Crippen LogP contribution in [0.3, 0.4) is 0 Å². The molecular weight excluding hydrogens is 222 g/mol. The van der Waals surface area contributed by atoms with Crippen molar-refractivity contribution >= 4 is 17.7 Å². The molecule has 4 heteroatoms. The summed E-state index contributed by atoms with van der Waals surface area (Å²) >= 11 is 1.88. The van der Waals surface area contributed by atoms with E-state index < -0.39 is 0 Å². The molecule has 0 radical (unpaired) electrons. The molecule has 96 valence electrons. The van der Waals surface area contributed by atoms with Crippen LogP contribution in [0.2, 0.25) is 0 Å². The van der Waals surface area contributed by atoms with Gasteiger partial charge in [0, 0.05) is 18.7 Å². The molecule has 0 spiro atoms. The first kappa shape index (κ1) is 15.8. The number of rotatable bonds is 10. The van der Waals surface area contributed by atoms with Gasteiger partial charge in [0.2, 0.25) is 0 Å². The molecule has 0 aromatic heterocycles. The molecule has 0 aromatic carbocycles. The molecule has 0 aliphatic heterocycles. The molecule has 0 N–H and O–H groups in total. The molecule has 0 unspecified atom stereocenters. The van der Waals surface area contributed by atoms with Crippen LogP contribution in [0, 0.1) is 0 Å². The highest BCUT2D eigenvalue weighted by Gasteiger charge is 2.01. The number of esters is 1. The van der Waals surface area contributed by atoms with Gasteiger partial charge in [-0.1, -0.05) is 6.42 Å². The third-order valence-corrected chi connectivity index (χ3v) is 2.99. The van der Waals surface area contributed by atoms with E-state index in [1.54, 1.807) is 0 Å². The lowest BCUT2D eigenvalue weighted by Gasteiger charge is -2.15. The van der Waals surface area contributed by atoms with E-state index in [-0.39, 0.29) is 5.97 Å². The molecule has 0 aliphatic carbocycles. The van der Waals surface area contributed by atoms with Gasteiger partial charge >= 0.3 is 5.97 Å². The summed E-state index contributed by atoms with van der Waals surface area (Å²) in [5.74, 6) is 1.14. The van der Waals surface area contributed by atoms with Crippen molar-refractivity contribution in [2.24, 2.45) is 0 Å². The largest absolute Gasteiger partial charge is 0.466 e. The number of ether oxygens (including phenoxy) is 1. The summed E-state index contributed by atoms with van der Waals surface area (Å²) in [6.45, 7) is 4.62. The van der Waals surface area contributed by atoms with E-state index in [4.69, 9.17) is 4.74 Å². The first-order valence-electron chi connectivity index (χ1n) is 6.03. The van der Waals surface area contributed by atoms with Crippen LogP contribution in [0.25, 0.3) is 0 Å². The van der Waals surface area contributed by atoms with E-state index >= 15 is 0 Å². The fraction of sp³-hybridized carbons (Fsp3) is 0.917. The van der Waals surface area contributed by atoms with Gasteiger partial charge in [-0.25, -0.2) is 0 Å². The standard InChI is InChI=1S/C12H25NO2S/c1-4-15-12(14)8-6-5-7-9-13(2)10-11-16-3/h4-11H2,1-3H3. The fourth-order valence-corrected chi connectivity index (χ4v) is 1.91. The SMILES string of the molecule is CCOC(=O)CCCCCN(C)CCSC.